The lowest BCUT2D eigenvalue weighted by molar-refractivity contribution is 0.187. The van der Waals surface area contributed by atoms with Crippen LogP contribution in [0.1, 0.15) is 67.3 Å². The number of fused-ring (bicyclic) bond motifs is 1. The van der Waals surface area contributed by atoms with Gasteiger partial charge in [-0.3, -0.25) is 0 Å². The summed E-state index contributed by atoms with van der Waals surface area (Å²) in [4.78, 5) is 3.10. The molecule has 2 heteroatoms. The van der Waals surface area contributed by atoms with Gasteiger partial charge in [-0.15, -0.1) is 11.3 Å². The molecule has 0 aromatic carbocycles. The Bertz CT molecular complexity index is 413. The topological polar surface area (TPSA) is 26.0 Å². The molecular formula is C17H27NS. The van der Waals surface area contributed by atoms with Crippen LogP contribution in [-0.4, -0.2) is 0 Å². The second-order valence-electron chi connectivity index (χ2n) is 6.86. The lowest BCUT2D eigenvalue weighted by Crippen LogP contribution is -2.28. The molecule has 4 atom stereocenters. The molecule has 2 aliphatic carbocycles. The van der Waals surface area contributed by atoms with Gasteiger partial charge in [0.1, 0.15) is 0 Å². The number of nitrogens with two attached hydrogens (primary N) is 1. The zero-order valence-electron chi connectivity index (χ0n) is 12.3. The molecule has 0 spiro atoms. The zero-order valence-corrected chi connectivity index (χ0v) is 13.1. The summed E-state index contributed by atoms with van der Waals surface area (Å²) in [6, 6.07) is 2.73. The molecule has 0 bridgehead atoms. The highest BCUT2D eigenvalue weighted by atomic mass is 32.1. The average Bonchev–Trinajstić information content (AvgIpc) is 2.85. The molecule has 0 saturated heterocycles. The van der Waals surface area contributed by atoms with Gasteiger partial charge < -0.3 is 5.73 Å². The minimum absolute atomic E-state index is 0.297. The normalized spacial score (nSPS) is 32.9. The van der Waals surface area contributed by atoms with Gasteiger partial charge in [-0.1, -0.05) is 20.3 Å². The van der Waals surface area contributed by atoms with Gasteiger partial charge in [-0.2, -0.15) is 0 Å². The molecule has 0 amide bonds. The molecule has 1 heterocycles. The number of thiophene rings is 1. The molecule has 0 radical (unpaired) electrons. The van der Waals surface area contributed by atoms with Gasteiger partial charge in [0.2, 0.25) is 0 Å². The third-order valence-electron chi connectivity index (χ3n) is 5.49. The van der Waals surface area contributed by atoms with Crippen LogP contribution in [0.5, 0.6) is 0 Å². The number of aryl methyl sites for hydroxylation is 2. The van der Waals surface area contributed by atoms with E-state index < -0.39 is 0 Å². The largest absolute Gasteiger partial charge is 0.323 e. The summed E-state index contributed by atoms with van der Waals surface area (Å²) in [6.07, 6.45) is 9.35. The van der Waals surface area contributed by atoms with Crippen LogP contribution in [0.15, 0.2) is 6.07 Å². The van der Waals surface area contributed by atoms with Crippen LogP contribution < -0.4 is 5.73 Å². The van der Waals surface area contributed by atoms with Gasteiger partial charge in [0.25, 0.3) is 0 Å². The van der Waals surface area contributed by atoms with Gasteiger partial charge in [0, 0.05) is 15.8 Å². The van der Waals surface area contributed by atoms with Crippen molar-refractivity contribution in [3.8, 4) is 0 Å². The fraction of sp³-hybridized carbons (Fsp3) is 0.765. The number of hydrogen-bond acceptors (Lipinski definition) is 2. The van der Waals surface area contributed by atoms with Gasteiger partial charge in [0.05, 0.1) is 0 Å². The van der Waals surface area contributed by atoms with E-state index in [1.807, 2.05) is 11.3 Å². The van der Waals surface area contributed by atoms with E-state index in [2.05, 4.69) is 19.9 Å². The van der Waals surface area contributed by atoms with Gasteiger partial charge in [-0.25, -0.2) is 0 Å². The van der Waals surface area contributed by atoms with Crippen LogP contribution in [0.3, 0.4) is 0 Å². The van der Waals surface area contributed by atoms with Crippen LogP contribution >= 0.6 is 11.3 Å². The van der Waals surface area contributed by atoms with E-state index in [-0.39, 0.29) is 0 Å². The summed E-state index contributed by atoms with van der Waals surface area (Å²) in [6.45, 7) is 4.80. The van der Waals surface area contributed by atoms with Crippen LogP contribution in [0.25, 0.3) is 0 Å². The third-order valence-corrected chi connectivity index (χ3v) is 6.83. The Balaban J connectivity index is 1.73. The molecule has 2 N–H and O–H groups in total. The Morgan fingerprint density at radius 1 is 1.16 bits per heavy atom. The monoisotopic (exact) mass is 277 g/mol. The Hall–Kier alpha value is -0.340. The van der Waals surface area contributed by atoms with Crippen molar-refractivity contribution < 1.29 is 0 Å². The molecule has 0 aliphatic heterocycles. The molecule has 1 fully saturated rings. The van der Waals surface area contributed by atoms with Gasteiger partial charge in [-0.05, 0) is 67.9 Å². The third kappa shape index (κ3) is 2.75. The predicted octanol–water partition coefficient (Wildman–Crippen LogP) is 4.70. The SMILES string of the molecule is CC1CCC(C(N)c2cc3c(s2)CCCC3)CC1C. The maximum absolute atomic E-state index is 6.60. The van der Waals surface area contributed by atoms with E-state index in [0.29, 0.717) is 12.0 Å². The van der Waals surface area contributed by atoms with E-state index in [0.717, 1.165) is 11.8 Å². The Morgan fingerprint density at radius 3 is 2.68 bits per heavy atom. The fourth-order valence-corrected chi connectivity index (χ4v) is 5.18. The summed E-state index contributed by atoms with van der Waals surface area (Å²) >= 11 is 2.01. The first-order valence-electron chi connectivity index (χ1n) is 8.02. The van der Waals surface area contributed by atoms with Crippen LogP contribution in [-0.2, 0) is 12.8 Å². The van der Waals surface area contributed by atoms with E-state index in [4.69, 9.17) is 5.73 Å². The first-order chi connectivity index (χ1) is 9.15. The Morgan fingerprint density at radius 2 is 1.95 bits per heavy atom. The zero-order chi connectivity index (χ0) is 13.4. The van der Waals surface area contributed by atoms with Crippen molar-refractivity contribution in [1.29, 1.82) is 0 Å². The van der Waals surface area contributed by atoms with Crippen LogP contribution in [0.2, 0.25) is 0 Å². The maximum Gasteiger partial charge on any atom is 0.0418 e. The number of hydrogen-bond donors (Lipinski definition) is 1. The smallest absolute Gasteiger partial charge is 0.0418 e. The van der Waals surface area contributed by atoms with Gasteiger partial charge >= 0.3 is 0 Å². The van der Waals surface area contributed by atoms with Gasteiger partial charge in [0.15, 0.2) is 0 Å². The molecular weight excluding hydrogens is 250 g/mol. The molecule has 3 rings (SSSR count). The average molecular weight is 277 g/mol. The quantitative estimate of drug-likeness (QED) is 0.833. The molecule has 1 aromatic heterocycles. The van der Waals surface area contributed by atoms with Crippen molar-refractivity contribution in [3.63, 3.8) is 0 Å². The molecule has 4 unspecified atom stereocenters. The first kappa shape index (κ1) is 13.6. The summed E-state index contributed by atoms with van der Waals surface area (Å²) in [5.74, 6) is 2.45. The Kier molecular flexibility index (Phi) is 4.00. The summed E-state index contributed by atoms with van der Waals surface area (Å²) in [5.41, 5.74) is 8.21. The minimum atomic E-state index is 0.297. The second kappa shape index (κ2) is 5.57. The lowest BCUT2D eigenvalue weighted by Gasteiger charge is -2.35. The molecule has 1 aromatic rings. The molecule has 1 nitrogen and oxygen atoms in total. The summed E-state index contributed by atoms with van der Waals surface area (Å²) in [5, 5.41) is 0. The van der Waals surface area contributed by atoms with Crippen molar-refractivity contribution in [2.24, 2.45) is 23.5 Å². The highest BCUT2D eigenvalue weighted by molar-refractivity contribution is 7.12. The Labute approximate surface area is 121 Å². The summed E-state index contributed by atoms with van der Waals surface area (Å²) < 4.78 is 0. The van der Waals surface area contributed by atoms with Crippen LogP contribution in [0.4, 0.5) is 0 Å². The van der Waals surface area contributed by atoms with Crippen molar-refractivity contribution in [2.75, 3.05) is 0 Å². The first-order valence-corrected chi connectivity index (χ1v) is 8.84. The van der Waals surface area contributed by atoms with Crippen molar-refractivity contribution in [1.82, 2.24) is 0 Å². The van der Waals surface area contributed by atoms with Crippen LogP contribution in [0, 0.1) is 17.8 Å². The predicted molar refractivity (Wildman–Crippen MR) is 83.6 cm³/mol. The minimum Gasteiger partial charge on any atom is -0.323 e. The molecule has 1 saturated carbocycles. The maximum atomic E-state index is 6.60. The highest BCUT2D eigenvalue weighted by Crippen LogP contribution is 2.41. The van der Waals surface area contributed by atoms with Crippen molar-refractivity contribution in [3.05, 3.63) is 21.4 Å². The molecule has 106 valence electrons. The van der Waals surface area contributed by atoms with Crippen molar-refractivity contribution in [2.45, 2.75) is 64.8 Å². The molecule has 2 aliphatic rings. The van der Waals surface area contributed by atoms with E-state index >= 15 is 0 Å². The second-order valence-corrected chi connectivity index (χ2v) is 8.03. The summed E-state index contributed by atoms with van der Waals surface area (Å²) in [7, 11) is 0. The van der Waals surface area contributed by atoms with E-state index in [1.54, 1.807) is 10.4 Å². The van der Waals surface area contributed by atoms with Crippen molar-refractivity contribution >= 4 is 11.3 Å². The fourth-order valence-electron chi connectivity index (χ4n) is 3.83. The van der Waals surface area contributed by atoms with E-state index in [1.165, 1.54) is 49.8 Å². The lowest BCUT2D eigenvalue weighted by atomic mass is 9.73. The number of rotatable bonds is 2. The highest BCUT2D eigenvalue weighted by Gasteiger charge is 2.30. The standard InChI is InChI=1S/C17H27NS/c1-11-7-8-14(9-12(11)2)17(18)16-10-13-5-3-4-6-15(13)19-16/h10-12,14,17H,3-9,18H2,1-2H3. The van der Waals surface area contributed by atoms with E-state index in [9.17, 15) is 0 Å². The molecule has 19 heavy (non-hydrogen) atoms.